The number of hydrogen-bond acceptors (Lipinski definition) is 1. The molecular formula is C17H17BN2O. The normalized spacial score (nSPS) is 10.8. The van der Waals surface area contributed by atoms with Crippen LogP contribution >= 0.6 is 0 Å². The maximum absolute atomic E-state index is 12.3. The molecule has 0 saturated carbocycles. The zero-order valence-electron chi connectivity index (χ0n) is 12.5. The van der Waals surface area contributed by atoms with Crippen molar-refractivity contribution in [3.8, 4) is 16.8 Å². The van der Waals surface area contributed by atoms with Crippen LogP contribution < -0.4 is 11.0 Å². The third-order valence-electron chi connectivity index (χ3n) is 4.06. The molecule has 0 fully saturated rings. The number of nitrogens with zero attached hydrogens (tertiary/aromatic N) is 2. The van der Waals surface area contributed by atoms with Crippen LogP contribution in [0.4, 0.5) is 0 Å². The van der Waals surface area contributed by atoms with Gasteiger partial charge in [0, 0.05) is 12.7 Å². The Balaban J connectivity index is 2.07. The van der Waals surface area contributed by atoms with Gasteiger partial charge in [0.05, 0.1) is 5.69 Å². The van der Waals surface area contributed by atoms with Gasteiger partial charge in [-0.2, -0.15) is 0 Å². The molecule has 0 aliphatic carbocycles. The number of benzene rings is 2. The van der Waals surface area contributed by atoms with Gasteiger partial charge in [-0.05, 0) is 35.6 Å². The SMILES string of the molecule is Bc1c(C)n(C)n(-c2ccc(-c3ccccc3)cc2)c1=O. The first kappa shape index (κ1) is 13.5. The van der Waals surface area contributed by atoms with Gasteiger partial charge in [-0.15, -0.1) is 0 Å². The predicted molar refractivity (Wildman–Crippen MR) is 89.4 cm³/mol. The standard InChI is InChI=1S/C17H17BN2O/c1-12-16(18)17(21)20(19(12)2)15-10-8-14(9-11-15)13-6-4-3-5-7-13/h3-11H,18H2,1-2H3. The second-order valence-corrected chi connectivity index (χ2v) is 5.26. The van der Waals surface area contributed by atoms with Crippen molar-refractivity contribution in [2.75, 3.05) is 0 Å². The summed E-state index contributed by atoms with van der Waals surface area (Å²) in [5.41, 5.74) is 5.04. The van der Waals surface area contributed by atoms with Gasteiger partial charge in [-0.25, -0.2) is 4.68 Å². The van der Waals surface area contributed by atoms with E-state index in [1.807, 2.05) is 56.8 Å². The van der Waals surface area contributed by atoms with Crippen LogP contribution in [0.1, 0.15) is 5.69 Å². The Hall–Kier alpha value is -2.49. The van der Waals surface area contributed by atoms with E-state index in [9.17, 15) is 4.79 Å². The van der Waals surface area contributed by atoms with Gasteiger partial charge in [-0.1, -0.05) is 42.5 Å². The summed E-state index contributed by atoms with van der Waals surface area (Å²) in [5.74, 6) is 0. The van der Waals surface area contributed by atoms with E-state index in [4.69, 9.17) is 0 Å². The maximum Gasteiger partial charge on any atom is 0.265 e. The third-order valence-corrected chi connectivity index (χ3v) is 4.06. The molecule has 0 spiro atoms. The second kappa shape index (κ2) is 5.13. The summed E-state index contributed by atoms with van der Waals surface area (Å²) in [5, 5.41) is 0. The lowest BCUT2D eigenvalue weighted by molar-refractivity contribution is 0.630. The molecule has 21 heavy (non-hydrogen) atoms. The highest BCUT2D eigenvalue weighted by molar-refractivity contribution is 6.32. The molecule has 4 heteroatoms. The van der Waals surface area contributed by atoms with Crippen molar-refractivity contribution < 1.29 is 0 Å². The van der Waals surface area contributed by atoms with Crippen LogP contribution in [0, 0.1) is 6.92 Å². The fraction of sp³-hybridized carbons (Fsp3) is 0.118. The quantitative estimate of drug-likeness (QED) is 0.650. The zero-order valence-corrected chi connectivity index (χ0v) is 12.5. The van der Waals surface area contributed by atoms with Gasteiger partial charge in [0.2, 0.25) is 0 Å². The molecule has 0 unspecified atom stereocenters. The van der Waals surface area contributed by atoms with Crippen molar-refractivity contribution in [2.24, 2.45) is 7.05 Å². The first-order valence-electron chi connectivity index (χ1n) is 7.00. The van der Waals surface area contributed by atoms with Crippen molar-refractivity contribution in [2.45, 2.75) is 6.92 Å². The molecule has 0 N–H and O–H groups in total. The fourth-order valence-electron chi connectivity index (χ4n) is 2.56. The summed E-state index contributed by atoms with van der Waals surface area (Å²) in [6, 6.07) is 18.3. The molecule has 104 valence electrons. The van der Waals surface area contributed by atoms with Gasteiger partial charge in [0.1, 0.15) is 7.85 Å². The zero-order chi connectivity index (χ0) is 15.0. The lowest BCUT2D eigenvalue weighted by Gasteiger charge is -2.09. The molecule has 0 amide bonds. The van der Waals surface area contributed by atoms with E-state index >= 15 is 0 Å². The monoisotopic (exact) mass is 276 g/mol. The highest BCUT2D eigenvalue weighted by Crippen LogP contribution is 2.20. The van der Waals surface area contributed by atoms with Gasteiger partial charge in [-0.3, -0.25) is 9.48 Å². The lowest BCUT2D eigenvalue weighted by Crippen LogP contribution is -2.28. The number of rotatable bonds is 2. The van der Waals surface area contributed by atoms with Crippen molar-refractivity contribution >= 4 is 13.3 Å². The molecule has 3 aromatic rings. The smallest absolute Gasteiger partial charge is 0.265 e. The van der Waals surface area contributed by atoms with Gasteiger partial charge in [0.25, 0.3) is 5.56 Å². The summed E-state index contributed by atoms with van der Waals surface area (Å²) in [7, 11) is 3.78. The molecular weight excluding hydrogens is 259 g/mol. The predicted octanol–water partition coefficient (Wildman–Crippen LogP) is 1.41. The molecule has 0 aliphatic heterocycles. The highest BCUT2D eigenvalue weighted by atomic mass is 16.1. The Kier molecular flexibility index (Phi) is 3.30. The van der Waals surface area contributed by atoms with E-state index in [0.29, 0.717) is 0 Å². The number of aromatic nitrogens is 2. The largest absolute Gasteiger partial charge is 0.286 e. The van der Waals surface area contributed by atoms with E-state index < -0.39 is 0 Å². The first-order chi connectivity index (χ1) is 10.1. The minimum absolute atomic E-state index is 0.0439. The minimum Gasteiger partial charge on any atom is -0.286 e. The molecule has 3 nitrogen and oxygen atoms in total. The van der Waals surface area contributed by atoms with Crippen molar-refractivity contribution in [3.05, 3.63) is 70.6 Å². The van der Waals surface area contributed by atoms with E-state index in [2.05, 4.69) is 24.3 Å². The summed E-state index contributed by atoms with van der Waals surface area (Å²) < 4.78 is 3.61. The van der Waals surface area contributed by atoms with Crippen LogP contribution in [0.5, 0.6) is 0 Å². The van der Waals surface area contributed by atoms with Crippen molar-refractivity contribution in [1.29, 1.82) is 0 Å². The van der Waals surface area contributed by atoms with Crippen LogP contribution in [0.25, 0.3) is 16.8 Å². The van der Waals surface area contributed by atoms with Crippen LogP contribution in [-0.4, -0.2) is 17.2 Å². The second-order valence-electron chi connectivity index (χ2n) is 5.26. The van der Waals surface area contributed by atoms with Gasteiger partial charge in [0.15, 0.2) is 0 Å². The molecule has 0 radical (unpaired) electrons. The molecule has 2 aromatic carbocycles. The van der Waals surface area contributed by atoms with Crippen molar-refractivity contribution in [1.82, 2.24) is 9.36 Å². The van der Waals surface area contributed by atoms with Gasteiger partial charge < -0.3 is 0 Å². The van der Waals surface area contributed by atoms with Crippen LogP contribution in [0.3, 0.4) is 0 Å². The van der Waals surface area contributed by atoms with Crippen LogP contribution in [0.2, 0.25) is 0 Å². The topological polar surface area (TPSA) is 26.9 Å². The first-order valence-corrected chi connectivity index (χ1v) is 7.00. The molecule has 3 rings (SSSR count). The van der Waals surface area contributed by atoms with Crippen LogP contribution in [-0.2, 0) is 7.05 Å². The molecule has 1 aromatic heterocycles. The van der Waals surface area contributed by atoms with Crippen LogP contribution in [0.15, 0.2) is 59.4 Å². The van der Waals surface area contributed by atoms with Gasteiger partial charge >= 0.3 is 0 Å². The highest BCUT2D eigenvalue weighted by Gasteiger charge is 2.11. The van der Waals surface area contributed by atoms with E-state index in [1.165, 1.54) is 5.56 Å². The Labute approximate surface area is 124 Å². The lowest BCUT2D eigenvalue weighted by atomic mass is 9.97. The Bertz CT molecular complexity index is 830. The minimum atomic E-state index is 0.0439. The summed E-state index contributed by atoms with van der Waals surface area (Å²) >= 11 is 0. The molecule has 0 saturated heterocycles. The summed E-state index contributed by atoms with van der Waals surface area (Å²) in [4.78, 5) is 12.3. The van der Waals surface area contributed by atoms with E-state index in [1.54, 1.807) is 4.68 Å². The average molecular weight is 276 g/mol. The third kappa shape index (κ3) is 2.23. The fourth-order valence-corrected chi connectivity index (χ4v) is 2.56. The molecule has 0 aliphatic rings. The maximum atomic E-state index is 12.3. The van der Waals surface area contributed by atoms with E-state index in [0.717, 1.165) is 22.4 Å². The van der Waals surface area contributed by atoms with Crippen molar-refractivity contribution in [3.63, 3.8) is 0 Å². The number of hydrogen-bond donors (Lipinski definition) is 0. The van der Waals surface area contributed by atoms with E-state index in [-0.39, 0.29) is 5.56 Å². The average Bonchev–Trinajstić information content (AvgIpc) is 2.72. The Morgan fingerprint density at radius 2 is 1.48 bits per heavy atom. The summed E-state index contributed by atoms with van der Waals surface area (Å²) in [6.45, 7) is 1.96. The Morgan fingerprint density at radius 3 is 2.00 bits per heavy atom. The Morgan fingerprint density at radius 1 is 0.905 bits per heavy atom. The molecule has 1 heterocycles. The summed E-state index contributed by atoms with van der Waals surface area (Å²) in [6.07, 6.45) is 0. The molecule has 0 atom stereocenters. The molecule has 0 bridgehead atoms.